The Morgan fingerprint density at radius 3 is 2.54 bits per heavy atom. The highest BCUT2D eigenvalue weighted by atomic mass is 32.2. The molecule has 2 N–H and O–H groups in total. The molecule has 152 valence electrons. The van der Waals surface area contributed by atoms with Gasteiger partial charge in [0.15, 0.2) is 0 Å². The van der Waals surface area contributed by atoms with Gasteiger partial charge < -0.3 is 9.30 Å². The van der Waals surface area contributed by atoms with Gasteiger partial charge in [-0.05, 0) is 31.7 Å². The Morgan fingerprint density at radius 2 is 2.00 bits per heavy atom. The zero-order chi connectivity index (χ0) is 21.1. The van der Waals surface area contributed by atoms with Crippen LogP contribution < -0.4 is 15.8 Å². The van der Waals surface area contributed by atoms with E-state index in [9.17, 15) is 18.4 Å². The first kappa shape index (κ1) is 21.8. The van der Waals surface area contributed by atoms with E-state index < -0.39 is 38.3 Å². The Balaban J connectivity index is 2.36. The lowest BCUT2D eigenvalue weighted by Crippen LogP contribution is -2.42. The van der Waals surface area contributed by atoms with Crippen LogP contribution in [-0.2, 0) is 11.3 Å². The average Bonchev–Trinajstić information content (AvgIpc) is 2.67. The number of aryl methyl sites for hydroxylation is 1. The highest BCUT2D eigenvalue weighted by Gasteiger charge is 2.33. The van der Waals surface area contributed by atoms with Crippen molar-refractivity contribution >= 4 is 22.3 Å². The summed E-state index contributed by atoms with van der Waals surface area (Å²) in [7, 11) is 0.716. The van der Waals surface area contributed by atoms with Crippen LogP contribution in [0.3, 0.4) is 0 Å². The van der Waals surface area contributed by atoms with Crippen molar-refractivity contribution in [2.75, 3.05) is 13.4 Å². The number of rotatable bonds is 7. The number of hydroxylamine groups is 1. The number of amides is 1. The summed E-state index contributed by atoms with van der Waals surface area (Å²) < 4.78 is 33.8. The minimum absolute atomic E-state index is 0.0257. The molecule has 0 radical (unpaired) electrons. The summed E-state index contributed by atoms with van der Waals surface area (Å²) in [4.78, 5) is 24.4. The molecule has 0 spiro atoms. The molecule has 1 heterocycles. The Kier molecular flexibility index (Phi) is 6.73. The maximum absolute atomic E-state index is 14.6. The standard InChI is InChI=1S/C19H22F2N2O4S/c1-19(28(3)4,18(25)22-26)7-8-23-11-16(21)14(10-17(23)24)13-6-5-12(27-2)9-15(13)20/h5-6,9-11,26H,3,7-8H2,1-2,4H3,(H,22,25)/t19-,28?/m1/s1. The molecular formula is C19H22F2N2O4S. The molecule has 1 amide bonds. The average molecular weight is 412 g/mol. The molecule has 0 bridgehead atoms. The second-order valence-electron chi connectivity index (χ2n) is 6.47. The Hall–Kier alpha value is -2.52. The first-order valence-corrected chi connectivity index (χ1v) is 10.1. The van der Waals surface area contributed by atoms with Crippen LogP contribution in [-0.4, -0.2) is 39.7 Å². The predicted octanol–water partition coefficient (Wildman–Crippen LogP) is 2.79. The van der Waals surface area contributed by atoms with Crippen LogP contribution in [0.2, 0.25) is 0 Å². The molecule has 0 aliphatic rings. The van der Waals surface area contributed by atoms with Crippen molar-refractivity contribution in [3.05, 3.63) is 52.5 Å². The number of pyridine rings is 1. The Bertz CT molecular complexity index is 977. The molecule has 0 aliphatic carbocycles. The molecule has 1 aromatic heterocycles. The van der Waals surface area contributed by atoms with Gasteiger partial charge in [0, 0.05) is 36.0 Å². The summed E-state index contributed by atoms with van der Waals surface area (Å²) in [6.07, 6.45) is 2.86. The van der Waals surface area contributed by atoms with Crippen molar-refractivity contribution < 1.29 is 23.5 Å². The number of methoxy groups -OCH3 is 1. The first-order valence-electron chi connectivity index (χ1n) is 8.28. The van der Waals surface area contributed by atoms with Gasteiger partial charge in [-0.2, -0.15) is 10.5 Å². The van der Waals surface area contributed by atoms with Crippen molar-refractivity contribution in [1.82, 2.24) is 10.0 Å². The molecule has 28 heavy (non-hydrogen) atoms. The Morgan fingerprint density at radius 1 is 1.32 bits per heavy atom. The summed E-state index contributed by atoms with van der Waals surface area (Å²) in [5.41, 5.74) is 0.849. The van der Waals surface area contributed by atoms with E-state index >= 15 is 0 Å². The fourth-order valence-electron chi connectivity index (χ4n) is 2.67. The van der Waals surface area contributed by atoms with Gasteiger partial charge in [-0.25, -0.2) is 14.3 Å². The van der Waals surface area contributed by atoms with Gasteiger partial charge in [-0.1, -0.05) is 5.87 Å². The van der Waals surface area contributed by atoms with Crippen LogP contribution in [0.15, 0.2) is 35.3 Å². The number of halogens is 2. The minimum atomic E-state index is -1.04. The highest BCUT2D eigenvalue weighted by molar-refractivity contribution is 8.15. The third kappa shape index (κ3) is 4.31. The molecule has 0 aliphatic heterocycles. The molecular weight excluding hydrogens is 390 g/mol. The number of nitrogens with zero attached hydrogens (tertiary/aromatic N) is 1. The summed E-state index contributed by atoms with van der Waals surface area (Å²) in [5, 5.41) is 8.95. The van der Waals surface area contributed by atoms with E-state index in [0.29, 0.717) is 0 Å². The molecule has 0 fully saturated rings. The van der Waals surface area contributed by atoms with E-state index in [1.165, 1.54) is 19.2 Å². The molecule has 2 atom stereocenters. The topological polar surface area (TPSA) is 80.6 Å². The van der Waals surface area contributed by atoms with E-state index in [1.54, 1.807) is 18.7 Å². The largest absolute Gasteiger partial charge is 0.497 e. The third-order valence-electron chi connectivity index (χ3n) is 4.72. The number of aromatic nitrogens is 1. The van der Waals surface area contributed by atoms with Crippen LogP contribution >= 0.6 is 10.5 Å². The van der Waals surface area contributed by atoms with Gasteiger partial charge in [0.05, 0.1) is 11.9 Å². The van der Waals surface area contributed by atoms with Gasteiger partial charge >= 0.3 is 0 Å². The molecule has 1 unspecified atom stereocenters. The van der Waals surface area contributed by atoms with E-state index in [2.05, 4.69) is 5.87 Å². The summed E-state index contributed by atoms with van der Waals surface area (Å²) in [5.74, 6) is 2.01. The van der Waals surface area contributed by atoms with Crippen molar-refractivity contribution in [2.24, 2.45) is 0 Å². The number of ether oxygens (including phenoxy) is 1. The van der Waals surface area contributed by atoms with Crippen LogP contribution in [0.1, 0.15) is 13.3 Å². The Labute approximate surface area is 163 Å². The van der Waals surface area contributed by atoms with Crippen LogP contribution in [0.25, 0.3) is 11.1 Å². The predicted molar refractivity (Wildman–Crippen MR) is 106 cm³/mol. The molecule has 9 heteroatoms. The number of nitrogens with one attached hydrogen (secondary N) is 1. The molecule has 2 rings (SSSR count). The second kappa shape index (κ2) is 8.66. The van der Waals surface area contributed by atoms with Crippen LogP contribution in [0.4, 0.5) is 8.78 Å². The van der Waals surface area contributed by atoms with Crippen molar-refractivity contribution in [3.63, 3.8) is 0 Å². The summed E-state index contributed by atoms with van der Waals surface area (Å²) in [6.45, 7) is 1.63. The van der Waals surface area contributed by atoms with E-state index in [4.69, 9.17) is 9.94 Å². The lowest BCUT2D eigenvalue weighted by molar-refractivity contribution is -0.131. The van der Waals surface area contributed by atoms with Gasteiger partial charge in [0.2, 0.25) is 0 Å². The van der Waals surface area contributed by atoms with Crippen LogP contribution in [0, 0.1) is 11.6 Å². The fourth-order valence-corrected chi connectivity index (χ4v) is 3.47. The zero-order valence-corrected chi connectivity index (χ0v) is 16.6. The molecule has 0 saturated heterocycles. The number of hydrogen-bond acceptors (Lipinski definition) is 4. The summed E-state index contributed by atoms with van der Waals surface area (Å²) >= 11 is 0. The minimum Gasteiger partial charge on any atom is -0.497 e. The molecule has 1 aromatic carbocycles. The van der Waals surface area contributed by atoms with Crippen molar-refractivity contribution in [2.45, 2.75) is 24.6 Å². The summed E-state index contributed by atoms with van der Waals surface area (Å²) in [6, 6.07) is 4.93. The molecule has 0 saturated carbocycles. The van der Waals surface area contributed by atoms with Gasteiger partial charge in [0.25, 0.3) is 11.5 Å². The van der Waals surface area contributed by atoms with E-state index in [1.807, 2.05) is 0 Å². The van der Waals surface area contributed by atoms with Crippen molar-refractivity contribution in [1.29, 1.82) is 0 Å². The molecule has 2 aromatic rings. The van der Waals surface area contributed by atoms with E-state index in [-0.39, 0.29) is 29.8 Å². The van der Waals surface area contributed by atoms with Gasteiger partial charge in [-0.3, -0.25) is 14.8 Å². The lowest BCUT2D eigenvalue weighted by Gasteiger charge is -2.28. The number of carbonyl (C=O) groups excluding carboxylic acids is 1. The quantitative estimate of drug-likeness (QED) is 0.416. The maximum Gasteiger partial charge on any atom is 0.258 e. The highest BCUT2D eigenvalue weighted by Crippen LogP contribution is 2.32. The van der Waals surface area contributed by atoms with Crippen molar-refractivity contribution in [3.8, 4) is 16.9 Å². The number of hydrogen-bond donors (Lipinski definition) is 2. The monoisotopic (exact) mass is 412 g/mol. The van der Waals surface area contributed by atoms with Gasteiger partial charge in [0.1, 0.15) is 17.4 Å². The smallest absolute Gasteiger partial charge is 0.258 e. The first-order chi connectivity index (χ1) is 13.1. The van der Waals surface area contributed by atoms with Gasteiger partial charge in [-0.15, -0.1) is 0 Å². The third-order valence-corrected chi connectivity index (χ3v) is 6.65. The van der Waals surface area contributed by atoms with E-state index in [0.717, 1.165) is 22.9 Å². The zero-order valence-electron chi connectivity index (χ0n) is 15.8. The maximum atomic E-state index is 14.6. The lowest BCUT2D eigenvalue weighted by atomic mass is 10.0. The second-order valence-corrected chi connectivity index (χ2v) is 8.65. The number of carbonyl (C=O) groups is 1. The number of benzene rings is 1. The SMILES string of the molecule is C=S(C)[C@](C)(CCn1cc(F)c(-c2ccc(OC)cc2F)cc1=O)C(=O)NO. The fraction of sp³-hybridized carbons (Fsp3) is 0.316. The molecule has 6 nitrogen and oxygen atoms in total. The van der Waals surface area contributed by atoms with Crippen LogP contribution in [0.5, 0.6) is 5.75 Å². The normalized spacial score (nSPS) is 14.2.